The van der Waals surface area contributed by atoms with Crippen LogP contribution in [0.25, 0.3) is 0 Å². The second kappa shape index (κ2) is 25.9. The summed E-state index contributed by atoms with van der Waals surface area (Å²) in [5, 5.41) is 132. The number of ether oxygens (including phenoxy) is 11. The first-order valence-electron chi connectivity index (χ1n) is 30.8. The number of carbonyl (C=O) groups excluding carboxylic acids is 4. The molecule has 9 rings (SSSR count). The van der Waals surface area contributed by atoms with Gasteiger partial charge in [0.1, 0.15) is 104 Å². The van der Waals surface area contributed by atoms with Gasteiger partial charge in [0.25, 0.3) is 0 Å². The van der Waals surface area contributed by atoms with Crippen molar-refractivity contribution in [3.05, 3.63) is 23.3 Å². The SMILES string of the molecule is C/C=C(/C)C(=O)O[C@H]1[C@H](O)[C@]2(COC(C)=O)[C@H](OC(C)=O)C[C@]3(C)C(=CC[C@@H]4[C@@]5(C)CC[C@H](O[C@@H]6O[C@H](C(=O)O)[C@@H](O)[C@H](O[C@@H]7O[C@H](O)[C@H](O)C[C@H]7O[C@@H]7OC[C@@H](O)[C@H](O)[C@H]7O)[C@H]6O[C@@H]6O[C@H](CO)[C@H](O)[C@H](O)[C@H]6O)[C@@](C)(C=O)[C@@H]5CC[C@]43C)[C@@H]2CC1(C)C. The van der Waals surface area contributed by atoms with Gasteiger partial charge in [-0.15, -0.1) is 0 Å². The Morgan fingerprint density at radius 3 is 1.99 bits per heavy atom. The fourth-order valence-electron chi connectivity index (χ4n) is 17.2. The van der Waals surface area contributed by atoms with Crippen LogP contribution in [0.5, 0.6) is 0 Å². The Bertz CT molecular complexity index is 2670. The fraction of sp³-hybridized carbons (Fsp3) is 0.852. The van der Waals surface area contributed by atoms with Crippen LogP contribution in [0, 0.1) is 50.2 Å². The molecule has 0 aromatic carbocycles. The van der Waals surface area contributed by atoms with E-state index >= 15 is 0 Å². The molecule has 0 spiro atoms. The molecule has 4 aliphatic heterocycles. The molecule has 0 amide bonds. The van der Waals surface area contributed by atoms with E-state index in [2.05, 4.69) is 26.8 Å². The van der Waals surface area contributed by atoms with E-state index in [0.29, 0.717) is 37.7 Å². The molecule has 9 aliphatic rings. The number of carboxylic acids is 1. The average molecular weight is 1270 g/mol. The molecule has 4 saturated carbocycles. The molecule has 0 unspecified atom stereocenters. The smallest absolute Gasteiger partial charge is 0.335 e. The Labute approximate surface area is 515 Å². The number of fused-ring (bicyclic) bond motifs is 7. The summed E-state index contributed by atoms with van der Waals surface area (Å²) in [7, 11) is 0. The van der Waals surface area contributed by atoms with Gasteiger partial charge in [0.2, 0.25) is 0 Å². The molecule has 4 saturated heterocycles. The monoisotopic (exact) mass is 1270 g/mol. The number of aliphatic carboxylic acids is 1. The summed E-state index contributed by atoms with van der Waals surface area (Å²) in [4.78, 5) is 67.1. The maximum Gasteiger partial charge on any atom is 0.335 e. The van der Waals surface area contributed by atoms with Crippen LogP contribution >= 0.6 is 0 Å². The molecule has 0 aromatic rings. The van der Waals surface area contributed by atoms with Gasteiger partial charge >= 0.3 is 23.9 Å². The predicted octanol–water partition coefficient (Wildman–Crippen LogP) is -1.09. The van der Waals surface area contributed by atoms with Crippen LogP contribution in [-0.4, -0.2) is 246 Å². The molecule has 0 bridgehead atoms. The van der Waals surface area contributed by atoms with Gasteiger partial charge in [-0.05, 0) is 92.8 Å². The molecular weight excluding hydrogens is 1180 g/mol. The van der Waals surface area contributed by atoms with Crippen LogP contribution in [0.2, 0.25) is 0 Å². The van der Waals surface area contributed by atoms with Crippen LogP contribution in [0.1, 0.15) is 121 Å². The van der Waals surface area contributed by atoms with Crippen molar-refractivity contribution in [3.63, 3.8) is 0 Å². The maximum absolute atomic E-state index is 14.3. The molecular formula is C61H92O28. The molecule has 4 heterocycles. The number of hydrogen-bond acceptors (Lipinski definition) is 27. The first-order chi connectivity index (χ1) is 41.6. The number of aliphatic hydroxyl groups is 11. The number of carbonyl (C=O) groups is 5. The normalized spacial score (nSPS) is 49.7. The Hall–Kier alpha value is -3.73. The first-order valence-corrected chi connectivity index (χ1v) is 30.8. The van der Waals surface area contributed by atoms with E-state index in [1.807, 2.05) is 13.8 Å². The number of rotatable bonds is 16. The number of aliphatic hydroxyl groups excluding tert-OH is 11. The van der Waals surface area contributed by atoms with Crippen molar-refractivity contribution in [2.24, 2.45) is 50.2 Å². The van der Waals surface area contributed by atoms with Crippen LogP contribution < -0.4 is 0 Å². The highest BCUT2D eigenvalue weighted by Gasteiger charge is 2.75. The van der Waals surface area contributed by atoms with E-state index in [0.717, 1.165) is 11.9 Å². The maximum atomic E-state index is 14.3. The van der Waals surface area contributed by atoms with Gasteiger partial charge in [-0.1, -0.05) is 59.3 Å². The summed E-state index contributed by atoms with van der Waals surface area (Å²) in [6.45, 7) is 16.0. The summed E-state index contributed by atoms with van der Waals surface area (Å²) in [6, 6.07) is 0. The molecule has 0 radical (unpaired) electrons. The van der Waals surface area contributed by atoms with Crippen LogP contribution in [0.3, 0.4) is 0 Å². The van der Waals surface area contributed by atoms with E-state index in [-0.39, 0.29) is 25.4 Å². The van der Waals surface area contributed by atoms with E-state index in [1.165, 1.54) is 13.8 Å². The van der Waals surface area contributed by atoms with E-state index < -0.39 is 223 Å². The number of carboxylic acid groups (broad SMARTS) is 1. The quantitative estimate of drug-likeness (QED) is 0.0218. The third-order valence-electron chi connectivity index (χ3n) is 22.4. The lowest BCUT2D eigenvalue weighted by molar-refractivity contribution is -0.405. The third-order valence-corrected chi connectivity index (χ3v) is 22.4. The van der Waals surface area contributed by atoms with Crippen molar-refractivity contribution in [1.29, 1.82) is 0 Å². The van der Waals surface area contributed by atoms with Crippen LogP contribution in [-0.2, 0) is 76.1 Å². The second-order valence-corrected chi connectivity index (χ2v) is 27.9. The summed E-state index contributed by atoms with van der Waals surface area (Å²) < 4.78 is 66.6. The molecule has 0 aromatic heterocycles. The summed E-state index contributed by atoms with van der Waals surface area (Å²) in [5.74, 6) is -4.97. The van der Waals surface area contributed by atoms with Gasteiger partial charge in [-0.2, -0.15) is 0 Å². The van der Waals surface area contributed by atoms with Gasteiger partial charge in [-0.25, -0.2) is 9.59 Å². The molecule has 5 aliphatic carbocycles. The second-order valence-electron chi connectivity index (χ2n) is 27.9. The first kappa shape index (κ1) is 69.6. The van der Waals surface area contributed by atoms with E-state index in [4.69, 9.17) is 52.1 Å². The van der Waals surface area contributed by atoms with Gasteiger partial charge in [-0.3, -0.25) is 9.59 Å². The Balaban J connectivity index is 1.07. The highest BCUT2D eigenvalue weighted by atomic mass is 16.8. The molecule has 30 atom stereocenters. The van der Waals surface area contributed by atoms with Crippen molar-refractivity contribution in [2.75, 3.05) is 19.8 Å². The largest absolute Gasteiger partial charge is 0.479 e. The molecule has 504 valence electrons. The van der Waals surface area contributed by atoms with Gasteiger partial charge in [0.15, 0.2) is 37.6 Å². The lowest BCUT2D eigenvalue weighted by atomic mass is 9.33. The summed E-state index contributed by atoms with van der Waals surface area (Å²) >= 11 is 0. The van der Waals surface area contributed by atoms with Crippen molar-refractivity contribution in [2.45, 2.75) is 256 Å². The Morgan fingerprint density at radius 1 is 0.685 bits per heavy atom. The number of esters is 3. The third kappa shape index (κ3) is 12.0. The van der Waals surface area contributed by atoms with Gasteiger partial charge in [0, 0.05) is 31.3 Å². The molecule has 12 N–H and O–H groups in total. The van der Waals surface area contributed by atoms with Gasteiger partial charge < -0.3 is 118 Å². The highest BCUT2D eigenvalue weighted by Crippen LogP contribution is 2.76. The number of aldehydes is 1. The van der Waals surface area contributed by atoms with Crippen molar-refractivity contribution < 1.29 is 137 Å². The lowest BCUT2D eigenvalue weighted by Crippen LogP contribution is -2.72. The fourth-order valence-corrected chi connectivity index (χ4v) is 17.2. The highest BCUT2D eigenvalue weighted by molar-refractivity contribution is 5.87. The zero-order valence-corrected chi connectivity index (χ0v) is 51.8. The number of allylic oxidation sites excluding steroid dienone is 3. The Kier molecular flexibility index (Phi) is 20.2. The Morgan fingerprint density at radius 2 is 1.36 bits per heavy atom. The minimum atomic E-state index is -2.29. The minimum absolute atomic E-state index is 0.0912. The minimum Gasteiger partial charge on any atom is -0.479 e. The summed E-state index contributed by atoms with van der Waals surface area (Å²) in [5.41, 5.74) is -4.65. The number of hydrogen-bond donors (Lipinski definition) is 12. The summed E-state index contributed by atoms with van der Waals surface area (Å²) in [6.07, 6.45) is -33.0. The van der Waals surface area contributed by atoms with Crippen molar-refractivity contribution >= 4 is 30.2 Å². The molecule has 28 heteroatoms. The topological polar surface area (TPSA) is 430 Å². The van der Waals surface area contributed by atoms with Crippen LogP contribution in [0.4, 0.5) is 0 Å². The van der Waals surface area contributed by atoms with E-state index in [9.17, 15) is 85.3 Å². The zero-order chi connectivity index (χ0) is 65.6. The molecule has 28 nitrogen and oxygen atoms in total. The predicted molar refractivity (Wildman–Crippen MR) is 298 cm³/mol. The van der Waals surface area contributed by atoms with Crippen molar-refractivity contribution in [3.8, 4) is 0 Å². The molecule has 89 heavy (non-hydrogen) atoms. The average Bonchev–Trinajstić information content (AvgIpc) is 0.671. The zero-order valence-electron chi connectivity index (χ0n) is 51.8. The molecule has 8 fully saturated rings. The van der Waals surface area contributed by atoms with Crippen molar-refractivity contribution in [1.82, 2.24) is 0 Å². The van der Waals surface area contributed by atoms with Gasteiger partial charge in [0.05, 0.1) is 30.1 Å². The van der Waals surface area contributed by atoms with Crippen LogP contribution in [0.15, 0.2) is 23.3 Å². The lowest BCUT2D eigenvalue weighted by Gasteiger charge is -2.72. The standard InChI is InChI=1S/C61H92O28/c1-11-25(2)50(77)88-48-47(74)61(24-80-26(3)64)29(19-56(48,5)6)28-12-13-35-57(7)16-15-36(58(8,23-63)34(57)14-17-59(35,9)60(28,10)20-37(61)81-27(4)65)84-55-46(87-54-42(72)40(70)39(69)33(21-62)83-54)44(43(73)45(86-55)49(75)76)85-52-32(18-30(66)51(78)89-52)82-53-41(71)38(68)31(67)22-79-53/h11-12,23,29-48,51-55,62,66-74,78H,13-22,24H2,1-10H3,(H,75,76)/b25-11-/t29-,30+,31+,32+,33+,34+,35+,36-,37+,38-,39-,40-,41+,42+,43-,44-,45-,46+,47-,48-,51-,52+,53-,54-,55+,57-,58-,59+,60+,61-/m0/s1. The van der Waals surface area contributed by atoms with E-state index in [1.54, 1.807) is 26.8 Å².